The van der Waals surface area contributed by atoms with E-state index >= 15 is 0 Å². The molecule has 4 rings (SSSR count). The predicted molar refractivity (Wildman–Crippen MR) is 101 cm³/mol. The van der Waals surface area contributed by atoms with Gasteiger partial charge in [-0.1, -0.05) is 29.5 Å². The smallest absolute Gasteiger partial charge is 0.409 e. The van der Waals surface area contributed by atoms with E-state index in [1.54, 1.807) is 59.4 Å². The summed E-state index contributed by atoms with van der Waals surface area (Å²) in [5.41, 5.74) is 3.16. The van der Waals surface area contributed by atoms with Gasteiger partial charge in [-0.2, -0.15) is 8.78 Å². The summed E-state index contributed by atoms with van der Waals surface area (Å²) < 4.78 is 31.7. The molecule has 0 radical (unpaired) electrons. The zero-order valence-corrected chi connectivity index (χ0v) is 15.2. The zero-order chi connectivity index (χ0) is 21.1. The minimum Gasteiger partial charge on any atom is -0.465 e. The number of alkyl halides is 2. The van der Waals surface area contributed by atoms with Crippen LogP contribution in [0.4, 0.5) is 19.3 Å². The number of carbonyl (C=O) groups is 1. The van der Waals surface area contributed by atoms with E-state index in [-0.39, 0.29) is 5.89 Å². The Morgan fingerprint density at radius 1 is 1.10 bits per heavy atom. The summed E-state index contributed by atoms with van der Waals surface area (Å²) in [6, 6.07) is 13.8. The molecule has 2 heterocycles. The Labute approximate surface area is 168 Å². The van der Waals surface area contributed by atoms with Gasteiger partial charge in [0, 0.05) is 16.8 Å². The second kappa shape index (κ2) is 8.07. The Bertz CT molecular complexity index is 1170. The minimum atomic E-state index is -2.81. The summed E-state index contributed by atoms with van der Waals surface area (Å²) >= 11 is 0. The normalized spacial score (nSPS) is 11.0. The van der Waals surface area contributed by atoms with Crippen molar-refractivity contribution in [2.45, 2.75) is 13.0 Å². The number of nitrogens with zero attached hydrogens (tertiary/aromatic N) is 5. The van der Waals surface area contributed by atoms with Crippen LogP contribution in [0.3, 0.4) is 0 Å². The number of hydrogen-bond donors (Lipinski definition) is 2. The fourth-order valence-electron chi connectivity index (χ4n) is 2.77. The van der Waals surface area contributed by atoms with Crippen LogP contribution in [-0.4, -0.2) is 36.4 Å². The van der Waals surface area contributed by atoms with E-state index in [2.05, 4.69) is 25.8 Å². The van der Waals surface area contributed by atoms with Crippen LogP contribution in [0, 0.1) is 0 Å². The third-order valence-electron chi connectivity index (χ3n) is 4.12. The van der Waals surface area contributed by atoms with Gasteiger partial charge in [0.2, 0.25) is 5.89 Å². The molecule has 2 N–H and O–H groups in total. The van der Waals surface area contributed by atoms with Crippen molar-refractivity contribution in [1.29, 1.82) is 0 Å². The first-order valence-electron chi connectivity index (χ1n) is 8.69. The van der Waals surface area contributed by atoms with Gasteiger partial charge in [-0.25, -0.2) is 9.48 Å². The van der Waals surface area contributed by atoms with Crippen LogP contribution in [0.5, 0.6) is 0 Å². The van der Waals surface area contributed by atoms with Gasteiger partial charge < -0.3 is 9.52 Å². The molecule has 0 atom stereocenters. The van der Waals surface area contributed by atoms with Crippen LogP contribution >= 0.6 is 0 Å². The molecule has 30 heavy (non-hydrogen) atoms. The molecule has 0 fully saturated rings. The summed E-state index contributed by atoms with van der Waals surface area (Å²) in [5.74, 6) is -0.693. The number of benzene rings is 2. The first-order valence-corrected chi connectivity index (χ1v) is 8.69. The maximum atomic E-state index is 12.6. The largest absolute Gasteiger partial charge is 0.465 e. The maximum Gasteiger partial charge on any atom is 0.409 e. The van der Waals surface area contributed by atoms with Gasteiger partial charge in [0.15, 0.2) is 0 Å². The van der Waals surface area contributed by atoms with Crippen LogP contribution in [0.25, 0.3) is 22.7 Å². The van der Waals surface area contributed by atoms with Gasteiger partial charge in [-0.3, -0.25) is 5.32 Å². The molecule has 0 saturated carbocycles. The SMILES string of the molecule is O=C(O)Nc1cccc(-c2cn(Cc3ccc(-c4nnc(C(F)F)o4)cc3)nn2)c1. The Kier molecular flexibility index (Phi) is 5.16. The highest BCUT2D eigenvalue weighted by Crippen LogP contribution is 2.24. The lowest BCUT2D eigenvalue weighted by Crippen LogP contribution is -2.06. The van der Waals surface area contributed by atoms with Crippen LogP contribution in [0.15, 0.2) is 59.1 Å². The second-order valence-electron chi connectivity index (χ2n) is 6.26. The van der Waals surface area contributed by atoms with Crippen molar-refractivity contribution in [3.05, 3.63) is 66.2 Å². The number of nitrogens with one attached hydrogen (secondary N) is 1. The number of rotatable bonds is 6. The van der Waals surface area contributed by atoms with Crippen molar-refractivity contribution in [3.63, 3.8) is 0 Å². The summed E-state index contributed by atoms with van der Waals surface area (Å²) in [7, 11) is 0. The molecular weight excluding hydrogens is 398 g/mol. The van der Waals surface area contributed by atoms with Crippen molar-refractivity contribution in [3.8, 4) is 22.7 Å². The van der Waals surface area contributed by atoms with Crippen molar-refractivity contribution >= 4 is 11.8 Å². The van der Waals surface area contributed by atoms with E-state index in [9.17, 15) is 13.6 Å². The molecule has 11 heteroatoms. The average Bonchev–Trinajstić information content (AvgIpc) is 3.38. The Morgan fingerprint density at radius 3 is 2.60 bits per heavy atom. The molecule has 0 bridgehead atoms. The highest BCUT2D eigenvalue weighted by atomic mass is 19.3. The maximum absolute atomic E-state index is 12.6. The third-order valence-corrected chi connectivity index (χ3v) is 4.12. The Morgan fingerprint density at radius 2 is 1.90 bits per heavy atom. The third kappa shape index (κ3) is 4.29. The van der Waals surface area contributed by atoms with E-state index in [0.29, 0.717) is 29.1 Å². The Hall–Kier alpha value is -4.15. The lowest BCUT2D eigenvalue weighted by Gasteiger charge is -2.03. The lowest BCUT2D eigenvalue weighted by molar-refractivity contribution is 0.116. The van der Waals surface area contributed by atoms with Gasteiger partial charge in [-0.15, -0.1) is 15.3 Å². The van der Waals surface area contributed by atoms with Gasteiger partial charge in [0.05, 0.1) is 12.7 Å². The number of hydrogen-bond acceptors (Lipinski definition) is 6. The van der Waals surface area contributed by atoms with E-state index in [4.69, 9.17) is 9.52 Å². The first-order chi connectivity index (χ1) is 14.5. The van der Waals surface area contributed by atoms with Crippen molar-refractivity contribution in [2.24, 2.45) is 0 Å². The monoisotopic (exact) mass is 412 g/mol. The molecule has 152 valence electrons. The van der Waals surface area contributed by atoms with E-state index in [1.807, 2.05) is 0 Å². The Balaban J connectivity index is 1.46. The molecular formula is C19H14F2N6O3. The van der Waals surface area contributed by atoms with E-state index in [1.165, 1.54) is 0 Å². The van der Waals surface area contributed by atoms with Crippen LogP contribution in [0.2, 0.25) is 0 Å². The summed E-state index contributed by atoms with van der Waals surface area (Å²) in [5, 5.41) is 26.3. The molecule has 0 unspecified atom stereocenters. The zero-order valence-electron chi connectivity index (χ0n) is 15.2. The molecule has 2 aromatic heterocycles. The van der Waals surface area contributed by atoms with Crippen molar-refractivity contribution < 1.29 is 23.1 Å². The van der Waals surface area contributed by atoms with Crippen molar-refractivity contribution in [2.75, 3.05) is 5.32 Å². The van der Waals surface area contributed by atoms with Crippen molar-refractivity contribution in [1.82, 2.24) is 25.2 Å². The highest BCUT2D eigenvalue weighted by Gasteiger charge is 2.17. The molecule has 0 aliphatic carbocycles. The summed E-state index contributed by atoms with van der Waals surface area (Å²) in [4.78, 5) is 10.8. The number of amides is 1. The predicted octanol–water partition coefficient (Wildman–Crippen LogP) is 4.07. The number of aromatic nitrogens is 5. The fourth-order valence-corrected chi connectivity index (χ4v) is 2.77. The lowest BCUT2D eigenvalue weighted by atomic mass is 10.1. The molecule has 0 saturated heterocycles. The molecule has 9 nitrogen and oxygen atoms in total. The first kappa shape index (κ1) is 19.2. The van der Waals surface area contributed by atoms with Gasteiger partial charge in [-0.05, 0) is 29.8 Å². The summed E-state index contributed by atoms with van der Waals surface area (Å²) in [6.45, 7) is 0.423. The average molecular weight is 412 g/mol. The molecule has 4 aromatic rings. The topological polar surface area (TPSA) is 119 Å². The fraction of sp³-hybridized carbons (Fsp3) is 0.105. The highest BCUT2D eigenvalue weighted by molar-refractivity contribution is 5.84. The molecule has 0 spiro atoms. The molecule has 2 aromatic carbocycles. The van der Waals surface area contributed by atoms with Gasteiger partial charge in [0.25, 0.3) is 5.89 Å². The molecule has 1 amide bonds. The van der Waals surface area contributed by atoms with Crippen LogP contribution < -0.4 is 5.32 Å². The number of halogens is 2. The standard InChI is InChI=1S/C19H14F2N6O3/c20-16(21)18-25-24-17(30-18)12-6-4-11(5-7-12)9-27-10-15(23-26-27)13-2-1-3-14(8-13)22-19(28)29/h1-8,10,16,22H,9H2,(H,28,29). The van der Waals surface area contributed by atoms with E-state index in [0.717, 1.165) is 5.56 Å². The molecule has 0 aliphatic rings. The second-order valence-corrected chi connectivity index (χ2v) is 6.26. The quantitative estimate of drug-likeness (QED) is 0.490. The number of carboxylic acid groups (broad SMARTS) is 1. The molecule has 0 aliphatic heterocycles. The van der Waals surface area contributed by atoms with Gasteiger partial charge in [0.1, 0.15) is 5.69 Å². The summed E-state index contributed by atoms with van der Waals surface area (Å²) in [6.07, 6.45) is -2.22. The van der Waals surface area contributed by atoms with Gasteiger partial charge >= 0.3 is 12.5 Å². The number of anilines is 1. The van der Waals surface area contributed by atoms with Crippen LogP contribution in [0.1, 0.15) is 17.9 Å². The van der Waals surface area contributed by atoms with Crippen LogP contribution in [-0.2, 0) is 6.54 Å². The van der Waals surface area contributed by atoms with E-state index < -0.39 is 18.4 Å². The minimum absolute atomic E-state index is 0.0229.